The van der Waals surface area contributed by atoms with Gasteiger partial charge in [-0.3, -0.25) is 4.57 Å². The molecule has 1 fully saturated rings. The summed E-state index contributed by atoms with van der Waals surface area (Å²) in [5.74, 6) is 0.439. The largest absolute Gasteiger partial charge is 0.391 e. The predicted molar refractivity (Wildman–Crippen MR) is 145 cm³/mol. The Balaban J connectivity index is 2.59. The smallest absolute Gasteiger partial charge is 0.387 e. The van der Waals surface area contributed by atoms with Crippen molar-refractivity contribution in [3.63, 3.8) is 0 Å². The maximum atomic E-state index is 12.4. The number of carbonyl (C=O) groups is 1. The topological polar surface area (TPSA) is 82.1 Å². The van der Waals surface area contributed by atoms with E-state index in [1.807, 2.05) is 6.92 Å². The summed E-state index contributed by atoms with van der Waals surface area (Å²) in [5, 5.41) is 10.2. The van der Waals surface area contributed by atoms with Gasteiger partial charge >= 0.3 is 11.5 Å². The molecule has 0 aromatic rings. The van der Waals surface area contributed by atoms with Gasteiger partial charge < -0.3 is 18.8 Å². The van der Waals surface area contributed by atoms with E-state index in [9.17, 15) is 14.5 Å². The van der Waals surface area contributed by atoms with Crippen molar-refractivity contribution < 1.29 is 28.1 Å². The van der Waals surface area contributed by atoms with E-state index in [0.717, 1.165) is 37.9 Å². The summed E-state index contributed by atoms with van der Waals surface area (Å²) >= 11 is 1.04. The summed E-state index contributed by atoms with van der Waals surface area (Å²) in [6.45, 7) is 7.20. The molecule has 1 saturated carbocycles. The Morgan fingerprint density at radius 1 is 0.943 bits per heavy atom. The summed E-state index contributed by atoms with van der Waals surface area (Å²) in [4.78, 5) is 12.4. The first-order valence-corrected chi connectivity index (χ1v) is 15.9. The van der Waals surface area contributed by atoms with Crippen LogP contribution in [0.2, 0.25) is 0 Å². The van der Waals surface area contributed by atoms with Gasteiger partial charge in [-0.05, 0) is 25.2 Å². The number of ether oxygens (including phenoxy) is 2. The van der Waals surface area contributed by atoms with Crippen molar-refractivity contribution in [3.8, 4) is 0 Å². The SMILES string of the molecule is CCCCCCCCCCOC(CCC)C(CSOC(=O)C(O)(OCCC)P=O)C1CCCCC1. The number of hydrogen-bond acceptors (Lipinski definition) is 7. The molecular weight excluding hydrogens is 483 g/mol. The highest BCUT2D eigenvalue weighted by atomic mass is 32.2. The predicted octanol–water partition coefficient (Wildman–Crippen LogP) is 8.06. The zero-order valence-electron chi connectivity index (χ0n) is 22.5. The third-order valence-electron chi connectivity index (χ3n) is 6.93. The molecule has 35 heavy (non-hydrogen) atoms. The Bertz CT molecular complexity index is 546. The van der Waals surface area contributed by atoms with Gasteiger partial charge in [0.2, 0.25) is 8.46 Å². The van der Waals surface area contributed by atoms with Crippen LogP contribution in [0.3, 0.4) is 0 Å². The molecule has 6 nitrogen and oxygen atoms in total. The van der Waals surface area contributed by atoms with E-state index in [2.05, 4.69) is 13.8 Å². The van der Waals surface area contributed by atoms with Gasteiger partial charge in [-0.1, -0.05) is 104 Å². The molecule has 1 rings (SSSR count). The van der Waals surface area contributed by atoms with Gasteiger partial charge in [0.25, 0.3) is 0 Å². The highest BCUT2D eigenvalue weighted by Gasteiger charge is 2.42. The van der Waals surface area contributed by atoms with Gasteiger partial charge in [0.1, 0.15) is 0 Å². The zero-order valence-corrected chi connectivity index (χ0v) is 24.2. The van der Waals surface area contributed by atoms with E-state index in [0.29, 0.717) is 18.1 Å². The molecule has 0 radical (unpaired) electrons. The fourth-order valence-corrected chi connectivity index (χ4v) is 6.13. The molecule has 1 aliphatic rings. The zero-order chi connectivity index (χ0) is 25.8. The number of carbonyl (C=O) groups excluding carboxylic acids is 1. The Kier molecular flexibility index (Phi) is 19.5. The lowest BCUT2D eigenvalue weighted by atomic mass is 9.77. The molecule has 1 aliphatic carbocycles. The fraction of sp³-hybridized carbons (Fsp3) is 0.963. The van der Waals surface area contributed by atoms with E-state index in [4.69, 9.17) is 13.7 Å². The number of unbranched alkanes of at least 4 members (excludes halogenated alkanes) is 7. The quantitative estimate of drug-likeness (QED) is 0.0651. The van der Waals surface area contributed by atoms with Crippen molar-refractivity contribution in [2.24, 2.45) is 11.8 Å². The molecule has 3 unspecified atom stereocenters. The van der Waals surface area contributed by atoms with Crippen LogP contribution < -0.4 is 0 Å². The highest BCUT2D eigenvalue weighted by molar-refractivity contribution is 7.95. The van der Waals surface area contributed by atoms with Gasteiger partial charge in [0.05, 0.1) is 24.8 Å². The fourth-order valence-electron chi connectivity index (χ4n) is 4.87. The minimum absolute atomic E-state index is 0.126. The molecule has 3 atom stereocenters. The van der Waals surface area contributed by atoms with Crippen LogP contribution in [0.5, 0.6) is 0 Å². The van der Waals surface area contributed by atoms with Gasteiger partial charge in [-0.15, -0.1) is 0 Å². The minimum atomic E-state index is -2.43. The molecule has 0 amide bonds. The van der Waals surface area contributed by atoms with Crippen LogP contribution in [0.4, 0.5) is 0 Å². The van der Waals surface area contributed by atoms with E-state index in [1.165, 1.54) is 77.0 Å². The average Bonchev–Trinajstić information content (AvgIpc) is 2.88. The Morgan fingerprint density at radius 3 is 2.20 bits per heavy atom. The first-order valence-electron chi connectivity index (χ1n) is 14.2. The third-order valence-corrected chi connectivity index (χ3v) is 8.28. The van der Waals surface area contributed by atoms with Gasteiger partial charge in [-0.25, -0.2) is 4.79 Å². The molecule has 0 spiro atoms. The molecular formula is C27H51O6PS. The molecule has 8 heteroatoms. The number of aliphatic hydroxyl groups is 1. The monoisotopic (exact) mass is 534 g/mol. The van der Waals surface area contributed by atoms with Crippen LogP contribution in [0.15, 0.2) is 0 Å². The minimum Gasteiger partial charge on any atom is -0.387 e. The summed E-state index contributed by atoms with van der Waals surface area (Å²) in [6.07, 6.45) is 19.2. The molecule has 1 N–H and O–H groups in total. The number of rotatable bonds is 22. The number of hydrogen-bond donors (Lipinski definition) is 1. The van der Waals surface area contributed by atoms with Crippen LogP contribution in [0, 0.1) is 11.8 Å². The van der Waals surface area contributed by atoms with Crippen LogP contribution in [-0.4, -0.2) is 41.7 Å². The summed E-state index contributed by atoms with van der Waals surface area (Å²) in [6, 6.07) is 0. The van der Waals surface area contributed by atoms with E-state index in [-0.39, 0.29) is 18.6 Å². The maximum absolute atomic E-state index is 12.4. The lowest BCUT2D eigenvalue weighted by Gasteiger charge is -2.35. The van der Waals surface area contributed by atoms with Crippen molar-refractivity contribution in [2.45, 2.75) is 135 Å². The highest BCUT2D eigenvalue weighted by Crippen LogP contribution is 2.37. The summed E-state index contributed by atoms with van der Waals surface area (Å²) < 4.78 is 28.2. The molecule has 0 aliphatic heterocycles. The summed E-state index contributed by atoms with van der Waals surface area (Å²) in [7, 11) is -0.809. The first-order chi connectivity index (χ1) is 17.0. The van der Waals surface area contributed by atoms with Crippen molar-refractivity contribution in [2.75, 3.05) is 19.0 Å². The van der Waals surface area contributed by atoms with E-state index in [1.54, 1.807) is 0 Å². The normalized spacial score (nSPS) is 18.3. The molecule has 0 aromatic heterocycles. The maximum Gasteiger partial charge on any atom is 0.391 e. The lowest BCUT2D eigenvalue weighted by Crippen LogP contribution is -2.37. The van der Waals surface area contributed by atoms with Crippen molar-refractivity contribution in [1.29, 1.82) is 0 Å². The van der Waals surface area contributed by atoms with Gasteiger partial charge in [0.15, 0.2) is 0 Å². The second-order valence-electron chi connectivity index (χ2n) is 9.94. The first kappa shape index (κ1) is 32.8. The van der Waals surface area contributed by atoms with Gasteiger partial charge in [0, 0.05) is 18.3 Å². The molecule has 0 saturated heterocycles. The van der Waals surface area contributed by atoms with E-state index < -0.39 is 20.0 Å². The van der Waals surface area contributed by atoms with Crippen molar-refractivity contribution >= 4 is 26.5 Å². The Morgan fingerprint density at radius 2 is 1.60 bits per heavy atom. The van der Waals surface area contributed by atoms with Crippen LogP contribution in [0.25, 0.3) is 0 Å². The standard InChI is InChI=1S/C27H51O6PS/c1-4-7-8-9-10-11-12-16-21-31-25(17-5-2)24(23-18-14-13-15-19-23)22-35-33-26(28)27(29,34-30)32-20-6-3/h23-25,29H,4-22H2,1-3H3. The van der Waals surface area contributed by atoms with Crippen molar-refractivity contribution in [3.05, 3.63) is 0 Å². The van der Waals surface area contributed by atoms with Crippen LogP contribution in [0.1, 0.15) is 124 Å². The molecule has 0 bridgehead atoms. The summed E-state index contributed by atoms with van der Waals surface area (Å²) in [5.41, 5.74) is -2.43. The van der Waals surface area contributed by atoms with Gasteiger partial charge in [-0.2, -0.15) is 0 Å². The third kappa shape index (κ3) is 13.8. The second kappa shape index (κ2) is 20.8. The molecule has 206 valence electrons. The van der Waals surface area contributed by atoms with Crippen LogP contribution in [-0.2, 0) is 23.0 Å². The lowest BCUT2D eigenvalue weighted by molar-refractivity contribution is -0.185. The van der Waals surface area contributed by atoms with Crippen molar-refractivity contribution in [1.82, 2.24) is 0 Å². The Labute approximate surface area is 220 Å². The molecule has 0 heterocycles. The average molecular weight is 535 g/mol. The molecule has 0 aromatic carbocycles. The second-order valence-corrected chi connectivity index (χ2v) is 11.5. The van der Waals surface area contributed by atoms with Crippen LogP contribution >= 0.6 is 20.5 Å². The van der Waals surface area contributed by atoms with E-state index >= 15 is 0 Å². The Hall–Kier alpha value is -0.200.